The Morgan fingerprint density at radius 2 is 1.61 bits per heavy atom. The van der Waals surface area contributed by atoms with E-state index in [-0.39, 0.29) is 17.8 Å². The van der Waals surface area contributed by atoms with Crippen LogP contribution in [0.4, 0.5) is 5.69 Å². The summed E-state index contributed by atoms with van der Waals surface area (Å²) in [4.78, 5) is 37.2. The van der Waals surface area contributed by atoms with Gasteiger partial charge in [-0.25, -0.2) is 0 Å². The first kappa shape index (κ1) is 16.2. The number of amides is 3. The lowest BCUT2D eigenvalue weighted by atomic mass is 10.1. The van der Waals surface area contributed by atoms with Crippen LogP contribution < -0.4 is 11.1 Å². The topological polar surface area (TPSA) is 92.5 Å². The Hall–Kier alpha value is -3.15. The van der Waals surface area contributed by atoms with Gasteiger partial charge in [0.1, 0.15) is 0 Å². The SMILES string of the molecule is CN(Cc1ccccc1)C(=O)C(=O)NC(=O)c1ccccc1N. The van der Waals surface area contributed by atoms with Gasteiger partial charge in [0.25, 0.3) is 5.91 Å². The Morgan fingerprint density at radius 3 is 2.26 bits per heavy atom. The molecule has 6 heteroatoms. The lowest BCUT2D eigenvalue weighted by Gasteiger charge is -2.16. The molecule has 118 valence electrons. The molecule has 2 rings (SSSR count). The highest BCUT2D eigenvalue weighted by Gasteiger charge is 2.22. The van der Waals surface area contributed by atoms with Gasteiger partial charge in [0.05, 0.1) is 5.56 Å². The molecule has 0 saturated carbocycles. The quantitative estimate of drug-likeness (QED) is 0.657. The number of anilines is 1. The van der Waals surface area contributed by atoms with Crippen LogP contribution in [0.3, 0.4) is 0 Å². The maximum Gasteiger partial charge on any atom is 0.316 e. The molecule has 23 heavy (non-hydrogen) atoms. The van der Waals surface area contributed by atoms with E-state index in [4.69, 9.17) is 5.73 Å². The van der Waals surface area contributed by atoms with E-state index in [2.05, 4.69) is 5.32 Å². The average molecular weight is 311 g/mol. The van der Waals surface area contributed by atoms with Gasteiger partial charge in [-0.3, -0.25) is 19.7 Å². The van der Waals surface area contributed by atoms with Gasteiger partial charge in [0, 0.05) is 19.3 Å². The number of carbonyl (C=O) groups is 3. The van der Waals surface area contributed by atoms with Crippen molar-refractivity contribution < 1.29 is 14.4 Å². The zero-order valence-electron chi connectivity index (χ0n) is 12.7. The zero-order chi connectivity index (χ0) is 16.8. The van der Waals surface area contributed by atoms with E-state index in [1.165, 1.54) is 18.0 Å². The summed E-state index contributed by atoms with van der Waals surface area (Å²) in [7, 11) is 1.50. The number of likely N-dealkylation sites (N-methyl/N-ethyl adjacent to an activating group) is 1. The molecule has 0 aliphatic carbocycles. The van der Waals surface area contributed by atoms with Gasteiger partial charge in [0.15, 0.2) is 0 Å². The zero-order valence-corrected chi connectivity index (χ0v) is 12.7. The number of nitrogens with zero attached hydrogens (tertiary/aromatic N) is 1. The Kier molecular flexibility index (Phi) is 5.09. The van der Waals surface area contributed by atoms with Crippen molar-refractivity contribution in [1.29, 1.82) is 0 Å². The number of nitrogens with two attached hydrogens (primary N) is 1. The Bertz CT molecular complexity index is 729. The summed E-state index contributed by atoms with van der Waals surface area (Å²) < 4.78 is 0. The third-order valence-corrected chi connectivity index (χ3v) is 3.24. The monoisotopic (exact) mass is 311 g/mol. The molecule has 2 aromatic carbocycles. The maximum absolute atomic E-state index is 12.0. The van der Waals surface area contributed by atoms with Crippen molar-refractivity contribution in [2.24, 2.45) is 0 Å². The fraction of sp³-hybridized carbons (Fsp3) is 0.118. The van der Waals surface area contributed by atoms with Crippen LogP contribution in [0, 0.1) is 0 Å². The smallest absolute Gasteiger partial charge is 0.316 e. The molecule has 0 aliphatic heterocycles. The molecule has 0 bridgehead atoms. The van der Waals surface area contributed by atoms with Crippen molar-refractivity contribution >= 4 is 23.4 Å². The normalized spacial score (nSPS) is 9.96. The predicted molar refractivity (Wildman–Crippen MR) is 86.2 cm³/mol. The number of carbonyl (C=O) groups excluding carboxylic acids is 3. The van der Waals surface area contributed by atoms with E-state index in [1.54, 1.807) is 18.2 Å². The van der Waals surface area contributed by atoms with E-state index >= 15 is 0 Å². The molecule has 0 heterocycles. The van der Waals surface area contributed by atoms with E-state index in [1.807, 2.05) is 30.3 Å². The second-order valence-corrected chi connectivity index (χ2v) is 5.02. The van der Waals surface area contributed by atoms with Gasteiger partial charge >= 0.3 is 11.8 Å². The fourth-order valence-electron chi connectivity index (χ4n) is 2.03. The summed E-state index contributed by atoms with van der Waals surface area (Å²) in [5, 5.41) is 2.05. The molecule has 0 spiro atoms. The van der Waals surface area contributed by atoms with Gasteiger partial charge in [-0.1, -0.05) is 42.5 Å². The summed E-state index contributed by atoms with van der Waals surface area (Å²) in [6.07, 6.45) is 0. The van der Waals surface area contributed by atoms with Crippen LogP contribution in [0.15, 0.2) is 54.6 Å². The number of benzene rings is 2. The molecule has 0 radical (unpaired) electrons. The van der Waals surface area contributed by atoms with E-state index in [0.29, 0.717) is 0 Å². The van der Waals surface area contributed by atoms with E-state index in [0.717, 1.165) is 5.56 Å². The van der Waals surface area contributed by atoms with Gasteiger partial charge in [-0.2, -0.15) is 0 Å². The number of rotatable bonds is 3. The number of hydrogen-bond acceptors (Lipinski definition) is 4. The summed E-state index contributed by atoms with van der Waals surface area (Å²) >= 11 is 0. The minimum absolute atomic E-state index is 0.152. The Labute approximate surface area is 133 Å². The minimum atomic E-state index is -0.989. The summed E-state index contributed by atoms with van der Waals surface area (Å²) in [5.74, 6) is -2.48. The van der Waals surface area contributed by atoms with Gasteiger partial charge in [-0.15, -0.1) is 0 Å². The molecule has 6 nitrogen and oxygen atoms in total. The van der Waals surface area contributed by atoms with Crippen molar-refractivity contribution in [3.63, 3.8) is 0 Å². The van der Waals surface area contributed by atoms with Crippen LogP contribution in [0.2, 0.25) is 0 Å². The molecule has 0 aromatic heterocycles. The molecule has 2 aromatic rings. The van der Waals surface area contributed by atoms with E-state index < -0.39 is 17.7 Å². The van der Waals surface area contributed by atoms with Crippen LogP contribution >= 0.6 is 0 Å². The van der Waals surface area contributed by atoms with Crippen molar-refractivity contribution in [3.05, 3.63) is 65.7 Å². The largest absolute Gasteiger partial charge is 0.398 e. The van der Waals surface area contributed by atoms with Crippen molar-refractivity contribution in [2.75, 3.05) is 12.8 Å². The molecule has 0 atom stereocenters. The van der Waals surface area contributed by atoms with Crippen LogP contribution in [0.25, 0.3) is 0 Å². The lowest BCUT2D eigenvalue weighted by Crippen LogP contribution is -2.43. The lowest BCUT2D eigenvalue weighted by molar-refractivity contribution is -0.144. The second-order valence-electron chi connectivity index (χ2n) is 5.02. The molecule has 0 fully saturated rings. The molecule has 3 N–H and O–H groups in total. The predicted octanol–water partition coefficient (Wildman–Crippen LogP) is 1.18. The number of nitrogens with one attached hydrogen (secondary N) is 1. The molecule has 3 amide bonds. The first-order valence-corrected chi connectivity index (χ1v) is 6.98. The molecular formula is C17H17N3O3. The first-order chi connectivity index (χ1) is 11.0. The molecule has 0 saturated heterocycles. The highest BCUT2D eigenvalue weighted by Crippen LogP contribution is 2.10. The highest BCUT2D eigenvalue weighted by molar-refractivity contribution is 6.38. The minimum Gasteiger partial charge on any atom is -0.398 e. The first-order valence-electron chi connectivity index (χ1n) is 6.98. The fourth-order valence-corrected chi connectivity index (χ4v) is 2.03. The number of hydrogen-bond donors (Lipinski definition) is 2. The molecule has 0 aliphatic rings. The number of para-hydroxylation sites is 1. The highest BCUT2D eigenvalue weighted by atomic mass is 16.2. The molecular weight excluding hydrogens is 294 g/mol. The van der Waals surface area contributed by atoms with Gasteiger partial charge in [-0.05, 0) is 17.7 Å². The van der Waals surface area contributed by atoms with Crippen molar-refractivity contribution in [1.82, 2.24) is 10.2 Å². The summed E-state index contributed by atoms with van der Waals surface area (Å²) in [5.41, 5.74) is 6.94. The van der Waals surface area contributed by atoms with Crippen LogP contribution in [-0.2, 0) is 16.1 Å². The number of imide groups is 1. The van der Waals surface area contributed by atoms with Crippen molar-refractivity contribution in [3.8, 4) is 0 Å². The maximum atomic E-state index is 12.0. The van der Waals surface area contributed by atoms with Gasteiger partial charge < -0.3 is 10.6 Å². The Morgan fingerprint density at radius 1 is 1.00 bits per heavy atom. The van der Waals surface area contributed by atoms with Crippen LogP contribution in [0.1, 0.15) is 15.9 Å². The number of nitrogen functional groups attached to an aromatic ring is 1. The summed E-state index contributed by atoms with van der Waals surface area (Å²) in [6, 6.07) is 15.6. The van der Waals surface area contributed by atoms with Crippen LogP contribution in [0.5, 0.6) is 0 Å². The van der Waals surface area contributed by atoms with E-state index in [9.17, 15) is 14.4 Å². The third kappa shape index (κ3) is 4.16. The van der Waals surface area contributed by atoms with Crippen molar-refractivity contribution in [2.45, 2.75) is 6.54 Å². The Balaban J connectivity index is 1.98. The third-order valence-electron chi connectivity index (χ3n) is 3.24. The summed E-state index contributed by atoms with van der Waals surface area (Å²) in [6.45, 7) is 0.273. The second kappa shape index (κ2) is 7.22. The van der Waals surface area contributed by atoms with Crippen LogP contribution in [-0.4, -0.2) is 29.7 Å². The standard InChI is InChI=1S/C17H17N3O3/c1-20(11-12-7-3-2-4-8-12)17(23)16(22)19-15(21)13-9-5-6-10-14(13)18/h2-10H,11,18H2,1H3,(H,19,21,22). The molecule has 0 unspecified atom stereocenters. The van der Waals surface area contributed by atoms with Gasteiger partial charge in [0.2, 0.25) is 0 Å². The average Bonchev–Trinajstić information content (AvgIpc) is 2.55.